The molecule has 38 heavy (non-hydrogen) atoms. The van der Waals surface area contributed by atoms with Crippen LogP contribution in [0.3, 0.4) is 0 Å². The first kappa shape index (κ1) is 27.8. The van der Waals surface area contributed by atoms with Gasteiger partial charge in [-0.1, -0.05) is 12.2 Å². The van der Waals surface area contributed by atoms with Crippen molar-refractivity contribution in [2.24, 2.45) is 0 Å². The van der Waals surface area contributed by atoms with Crippen LogP contribution < -0.4 is 39.5 Å². The van der Waals surface area contributed by atoms with Crippen LogP contribution in [-0.2, 0) is 0 Å². The van der Waals surface area contributed by atoms with Crippen molar-refractivity contribution in [2.45, 2.75) is 0 Å². The predicted octanol–water partition coefficient (Wildman–Crippen LogP) is 5.30. The van der Waals surface area contributed by atoms with Crippen LogP contribution >= 0.6 is 0 Å². The van der Waals surface area contributed by atoms with Gasteiger partial charge in [0, 0.05) is 17.8 Å². The Labute approximate surface area is 222 Å². The molecule has 0 aromatic heterocycles. The van der Waals surface area contributed by atoms with E-state index in [9.17, 15) is 4.79 Å². The molecule has 0 amide bonds. The number of carbonyl (C=O) groups excluding carboxylic acids is 1. The molecular formula is C29H32N2O7. The SMILES string of the molecule is COc1ccc(C(=O)/C=C\Nc2cc(/C=C\c3cc(OC)c(OC)c(OC)c3)cc(OC)c2OC)cc1N. The third kappa shape index (κ3) is 6.31. The van der Waals surface area contributed by atoms with E-state index >= 15 is 0 Å². The van der Waals surface area contributed by atoms with E-state index in [2.05, 4.69) is 5.32 Å². The number of nitrogen functional groups attached to an aromatic ring is 1. The Balaban J connectivity index is 1.88. The fourth-order valence-electron chi connectivity index (χ4n) is 3.77. The lowest BCUT2D eigenvalue weighted by Gasteiger charge is -2.14. The summed E-state index contributed by atoms with van der Waals surface area (Å²) in [5.74, 6) is 2.91. The van der Waals surface area contributed by atoms with Gasteiger partial charge in [0.1, 0.15) is 5.75 Å². The Hall–Kier alpha value is -4.79. The summed E-state index contributed by atoms with van der Waals surface area (Å²) in [6, 6.07) is 12.3. The molecule has 3 rings (SSSR count). The van der Waals surface area contributed by atoms with Crippen molar-refractivity contribution >= 4 is 29.3 Å². The summed E-state index contributed by atoms with van der Waals surface area (Å²) in [4.78, 5) is 12.6. The number of hydrogen-bond acceptors (Lipinski definition) is 9. The number of nitrogens with two attached hydrogens (primary N) is 1. The zero-order valence-electron chi connectivity index (χ0n) is 22.3. The summed E-state index contributed by atoms with van der Waals surface area (Å²) in [5, 5.41) is 3.11. The van der Waals surface area contributed by atoms with E-state index in [4.69, 9.17) is 34.2 Å². The normalized spacial score (nSPS) is 10.9. The van der Waals surface area contributed by atoms with E-state index in [1.807, 2.05) is 36.4 Å². The highest BCUT2D eigenvalue weighted by Gasteiger charge is 2.14. The number of rotatable bonds is 12. The van der Waals surface area contributed by atoms with Crippen molar-refractivity contribution in [2.75, 3.05) is 53.7 Å². The van der Waals surface area contributed by atoms with Gasteiger partial charge in [-0.05, 0) is 53.6 Å². The summed E-state index contributed by atoms with van der Waals surface area (Å²) < 4.78 is 32.5. The third-order valence-electron chi connectivity index (χ3n) is 5.64. The fraction of sp³-hybridized carbons (Fsp3) is 0.207. The fourth-order valence-corrected chi connectivity index (χ4v) is 3.77. The van der Waals surface area contributed by atoms with Gasteiger partial charge in [0.05, 0.1) is 54.0 Å². The Bertz CT molecular complexity index is 1320. The van der Waals surface area contributed by atoms with E-state index < -0.39 is 0 Å². The summed E-state index contributed by atoms with van der Waals surface area (Å²) in [6.07, 6.45) is 6.75. The molecule has 0 unspecified atom stereocenters. The van der Waals surface area contributed by atoms with Gasteiger partial charge in [-0.15, -0.1) is 0 Å². The average Bonchev–Trinajstić information content (AvgIpc) is 2.94. The maximum atomic E-state index is 12.6. The van der Waals surface area contributed by atoms with Gasteiger partial charge in [-0.2, -0.15) is 0 Å². The number of benzene rings is 3. The molecule has 200 valence electrons. The van der Waals surface area contributed by atoms with Gasteiger partial charge in [0.2, 0.25) is 5.75 Å². The number of hydrogen-bond donors (Lipinski definition) is 2. The van der Waals surface area contributed by atoms with Crippen LogP contribution in [0, 0.1) is 0 Å². The third-order valence-corrected chi connectivity index (χ3v) is 5.64. The molecular weight excluding hydrogens is 488 g/mol. The average molecular weight is 521 g/mol. The molecule has 0 saturated heterocycles. The van der Waals surface area contributed by atoms with Crippen LogP contribution in [0.4, 0.5) is 11.4 Å². The molecule has 0 heterocycles. The molecule has 0 aliphatic heterocycles. The van der Waals surface area contributed by atoms with Crippen LogP contribution in [0.2, 0.25) is 0 Å². The zero-order valence-corrected chi connectivity index (χ0v) is 22.3. The van der Waals surface area contributed by atoms with Crippen molar-refractivity contribution in [3.8, 4) is 34.5 Å². The minimum Gasteiger partial charge on any atom is -0.495 e. The zero-order chi connectivity index (χ0) is 27.7. The van der Waals surface area contributed by atoms with E-state index in [0.717, 1.165) is 11.1 Å². The predicted molar refractivity (Wildman–Crippen MR) is 149 cm³/mol. The molecule has 3 N–H and O–H groups in total. The van der Waals surface area contributed by atoms with Crippen molar-refractivity contribution < 1.29 is 33.2 Å². The number of ketones is 1. The largest absolute Gasteiger partial charge is 0.495 e. The molecule has 0 aliphatic rings. The number of nitrogens with one attached hydrogen (secondary N) is 1. The standard InChI is InChI=1S/C29H32N2O7/c1-33-24-10-9-20(17-21(24)30)23(32)11-12-31-22-13-18(14-25(34-2)28(22)37-5)7-8-19-15-26(35-3)29(38-6)27(16-19)36-4/h7-17,31H,30H2,1-6H3/b8-7-,12-11-. The maximum absolute atomic E-state index is 12.6. The van der Waals surface area contributed by atoms with Crippen LogP contribution in [-0.4, -0.2) is 48.4 Å². The smallest absolute Gasteiger partial charge is 0.203 e. The van der Waals surface area contributed by atoms with Crippen LogP contribution in [0.15, 0.2) is 54.7 Å². The molecule has 3 aromatic carbocycles. The van der Waals surface area contributed by atoms with Crippen molar-refractivity contribution in [3.63, 3.8) is 0 Å². The van der Waals surface area contributed by atoms with E-state index in [1.54, 1.807) is 53.7 Å². The molecule has 0 spiro atoms. The van der Waals surface area contributed by atoms with E-state index in [1.165, 1.54) is 19.4 Å². The number of ether oxygens (including phenoxy) is 6. The number of carbonyl (C=O) groups is 1. The van der Waals surface area contributed by atoms with Gasteiger partial charge in [0.25, 0.3) is 0 Å². The molecule has 0 fully saturated rings. The topological polar surface area (TPSA) is 111 Å². The summed E-state index contributed by atoms with van der Waals surface area (Å²) in [6.45, 7) is 0. The molecule has 9 nitrogen and oxygen atoms in total. The highest BCUT2D eigenvalue weighted by Crippen LogP contribution is 2.40. The summed E-state index contributed by atoms with van der Waals surface area (Å²) >= 11 is 0. The van der Waals surface area contributed by atoms with Gasteiger partial charge < -0.3 is 39.5 Å². The minimum absolute atomic E-state index is 0.226. The molecule has 0 bridgehead atoms. The minimum atomic E-state index is -0.226. The lowest BCUT2D eigenvalue weighted by molar-refractivity contribution is 0.104. The highest BCUT2D eigenvalue weighted by molar-refractivity contribution is 6.05. The van der Waals surface area contributed by atoms with Crippen LogP contribution in [0.25, 0.3) is 12.2 Å². The first-order chi connectivity index (χ1) is 18.4. The second-order valence-corrected chi connectivity index (χ2v) is 7.89. The van der Waals surface area contributed by atoms with Crippen molar-refractivity contribution in [1.29, 1.82) is 0 Å². The van der Waals surface area contributed by atoms with Crippen LogP contribution in [0.5, 0.6) is 34.5 Å². The second-order valence-electron chi connectivity index (χ2n) is 7.89. The lowest BCUT2D eigenvalue weighted by atomic mass is 10.1. The van der Waals surface area contributed by atoms with Gasteiger partial charge in [-0.25, -0.2) is 0 Å². The highest BCUT2D eigenvalue weighted by atomic mass is 16.5. The molecule has 0 radical (unpaired) electrons. The summed E-state index contributed by atoms with van der Waals surface area (Å²) in [7, 11) is 9.32. The van der Waals surface area contributed by atoms with Crippen molar-refractivity contribution in [1.82, 2.24) is 0 Å². The maximum Gasteiger partial charge on any atom is 0.203 e. The first-order valence-electron chi connectivity index (χ1n) is 11.5. The number of allylic oxidation sites excluding steroid dienone is 1. The Morgan fingerprint density at radius 2 is 1.21 bits per heavy atom. The summed E-state index contributed by atoms with van der Waals surface area (Å²) in [5.41, 5.74) is 9.01. The number of methoxy groups -OCH3 is 6. The monoisotopic (exact) mass is 520 g/mol. The van der Waals surface area contributed by atoms with Crippen LogP contribution in [0.1, 0.15) is 21.5 Å². The molecule has 0 saturated carbocycles. The molecule has 0 atom stereocenters. The van der Waals surface area contributed by atoms with Gasteiger partial charge in [-0.3, -0.25) is 4.79 Å². The molecule has 0 aliphatic carbocycles. The van der Waals surface area contributed by atoms with E-state index in [-0.39, 0.29) is 5.78 Å². The van der Waals surface area contributed by atoms with Crippen molar-refractivity contribution in [3.05, 3.63) is 71.4 Å². The lowest BCUT2D eigenvalue weighted by Crippen LogP contribution is -2.01. The van der Waals surface area contributed by atoms with Gasteiger partial charge in [0.15, 0.2) is 28.8 Å². The second kappa shape index (κ2) is 13.0. The first-order valence-corrected chi connectivity index (χ1v) is 11.5. The molecule has 9 heteroatoms. The van der Waals surface area contributed by atoms with E-state index in [0.29, 0.717) is 51.4 Å². The Kier molecular flexibility index (Phi) is 9.48. The Morgan fingerprint density at radius 3 is 1.71 bits per heavy atom. The molecule has 3 aromatic rings. The Morgan fingerprint density at radius 1 is 0.684 bits per heavy atom. The quantitative estimate of drug-likeness (QED) is 0.142. The van der Waals surface area contributed by atoms with Gasteiger partial charge >= 0.3 is 0 Å². The number of anilines is 2.